The van der Waals surface area contributed by atoms with Gasteiger partial charge >= 0.3 is 0 Å². The molecule has 7 heteroatoms. The van der Waals surface area contributed by atoms with Crippen molar-refractivity contribution in [1.29, 1.82) is 0 Å². The fourth-order valence-corrected chi connectivity index (χ4v) is 5.27. The van der Waals surface area contributed by atoms with Crippen LogP contribution in [0.5, 0.6) is 0 Å². The van der Waals surface area contributed by atoms with Crippen molar-refractivity contribution in [2.45, 2.75) is 37.5 Å². The monoisotopic (exact) mass is 325 g/mol. The lowest BCUT2D eigenvalue weighted by atomic mass is 10.0. The SMILES string of the molecule is NC(=NO)C1CCCCN1C(=O)c1cc2c(s1)CCSC2. The second-order valence-electron chi connectivity index (χ2n) is 5.40. The number of amides is 1. The van der Waals surface area contributed by atoms with Gasteiger partial charge in [0.05, 0.1) is 10.9 Å². The Morgan fingerprint density at radius 1 is 1.48 bits per heavy atom. The van der Waals surface area contributed by atoms with Crippen LogP contribution in [-0.2, 0) is 12.2 Å². The number of nitrogens with zero attached hydrogens (tertiary/aromatic N) is 2. The first-order valence-electron chi connectivity index (χ1n) is 7.18. The van der Waals surface area contributed by atoms with Crippen LogP contribution in [0.3, 0.4) is 0 Å². The molecule has 0 radical (unpaired) electrons. The van der Waals surface area contributed by atoms with Crippen LogP contribution in [0.15, 0.2) is 11.2 Å². The third-order valence-electron chi connectivity index (χ3n) is 4.06. The van der Waals surface area contributed by atoms with E-state index in [4.69, 9.17) is 10.9 Å². The van der Waals surface area contributed by atoms with E-state index in [1.54, 1.807) is 16.2 Å². The highest BCUT2D eigenvalue weighted by Crippen LogP contribution is 2.33. The minimum Gasteiger partial charge on any atom is -0.409 e. The van der Waals surface area contributed by atoms with Gasteiger partial charge in [0.2, 0.25) is 0 Å². The second-order valence-corrected chi connectivity index (χ2v) is 7.64. The minimum absolute atomic E-state index is 0.0238. The number of carbonyl (C=O) groups is 1. The van der Waals surface area contributed by atoms with Crippen LogP contribution in [0.2, 0.25) is 0 Å². The Morgan fingerprint density at radius 2 is 2.33 bits per heavy atom. The van der Waals surface area contributed by atoms with Crippen LogP contribution in [0.25, 0.3) is 0 Å². The summed E-state index contributed by atoms with van der Waals surface area (Å²) >= 11 is 3.53. The fourth-order valence-electron chi connectivity index (χ4n) is 2.94. The van der Waals surface area contributed by atoms with Crippen molar-refractivity contribution in [2.75, 3.05) is 12.3 Å². The first-order chi connectivity index (χ1) is 10.2. The average molecular weight is 325 g/mol. The van der Waals surface area contributed by atoms with Crippen molar-refractivity contribution < 1.29 is 10.0 Å². The number of hydrogen-bond acceptors (Lipinski definition) is 5. The van der Waals surface area contributed by atoms with E-state index >= 15 is 0 Å². The molecule has 1 saturated heterocycles. The van der Waals surface area contributed by atoms with Crippen molar-refractivity contribution in [1.82, 2.24) is 4.90 Å². The van der Waals surface area contributed by atoms with Gasteiger partial charge in [-0.3, -0.25) is 4.79 Å². The summed E-state index contributed by atoms with van der Waals surface area (Å²) in [5.41, 5.74) is 7.06. The maximum absolute atomic E-state index is 12.8. The Kier molecular flexibility index (Phi) is 4.40. The summed E-state index contributed by atoms with van der Waals surface area (Å²) in [5, 5.41) is 12.0. The summed E-state index contributed by atoms with van der Waals surface area (Å²) in [6.45, 7) is 0.678. The number of amidine groups is 1. The molecule has 0 spiro atoms. The maximum atomic E-state index is 12.8. The van der Waals surface area contributed by atoms with Gasteiger partial charge in [-0.2, -0.15) is 11.8 Å². The van der Waals surface area contributed by atoms with Gasteiger partial charge in [-0.1, -0.05) is 5.16 Å². The lowest BCUT2D eigenvalue weighted by Gasteiger charge is -2.34. The van der Waals surface area contributed by atoms with E-state index in [0.29, 0.717) is 6.54 Å². The number of likely N-dealkylation sites (tertiary alicyclic amines) is 1. The zero-order valence-electron chi connectivity index (χ0n) is 11.7. The Labute approximate surface area is 132 Å². The zero-order chi connectivity index (χ0) is 14.8. The molecule has 1 fully saturated rings. The van der Waals surface area contributed by atoms with Crippen molar-refractivity contribution in [3.63, 3.8) is 0 Å². The van der Waals surface area contributed by atoms with Gasteiger partial charge in [0.15, 0.2) is 5.84 Å². The molecule has 3 rings (SSSR count). The lowest BCUT2D eigenvalue weighted by molar-refractivity contribution is 0.0681. The number of carbonyl (C=O) groups excluding carboxylic acids is 1. The predicted octanol–water partition coefficient (Wildman–Crippen LogP) is 2.28. The molecule has 1 atom stereocenters. The van der Waals surface area contributed by atoms with Crippen LogP contribution in [0.1, 0.15) is 39.4 Å². The number of oxime groups is 1. The highest BCUT2D eigenvalue weighted by molar-refractivity contribution is 7.98. The van der Waals surface area contributed by atoms with Crippen LogP contribution < -0.4 is 5.73 Å². The van der Waals surface area contributed by atoms with Gasteiger partial charge in [-0.05, 0) is 43.1 Å². The molecular weight excluding hydrogens is 306 g/mol. The number of piperidine rings is 1. The smallest absolute Gasteiger partial charge is 0.264 e. The standard InChI is InChI=1S/C14H19N3O2S2/c15-13(16-19)10-3-1-2-5-17(10)14(18)12-7-9-8-20-6-4-11(9)21-12/h7,10,19H,1-6,8H2,(H2,15,16). The molecule has 114 valence electrons. The molecule has 1 amide bonds. The van der Waals surface area contributed by atoms with E-state index in [1.807, 2.05) is 17.8 Å². The van der Waals surface area contributed by atoms with E-state index in [1.165, 1.54) is 10.4 Å². The van der Waals surface area contributed by atoms with Crippen molar-refractivity contribution in [3.8, 4) is 0 Å². The Bertz CT molecular complexity index is 547. The van der Waals surface area contributed by atoms with Gasteiger partial charge in [0, 0.05) is 17.2 Å². The van der Waals surface area contributed by atoms with Gasteiger partial charge in [0.25, 0.3) is 5.91 Å². The predicted molar refractivity (Wildman–Crippen MR) is 86.3 cm³/mol. The molecule has 1 aromatic heterocycles. The number of thioether (sulfide) groups is 1. The first kappa shape index (κ1) is 14.7. The highest BCUT2D eigenvalue weighted by atomic mass is 32.2. The van der Waals surface area contributed by atoms with Gasteiger partial charge < -0.3 is 15.8 Å². The van der Waals surface area contributed by atoms with Gasteiger partial charge in [-0.25, -0.2) is 0 Å². The topological polar surface area (TPSA) is 78.9 Å². The third kappa shape index (κ3) is 2.89. The van der Waals surface area contributed by atoms with Crippen molar-refractivity contribution >= 4 is 34.8 Å². The van der Waals surface area contributed by atoms with Crippen LogP contribution in [-0.4, -0.2) is 40.2 Å². The highest BCUT2D eigenvalue weighted by Gasteiger charge is 2.31. The van der Waals surface area contributed by atoms with Crippen LogP contribution in [0.4, 0.5) is 0 Å². The second kappa shape index (κ2) is 6.27. The van der Waals surface area contributed by atoms with E-state index < -0.39 is 0 Å². The molecule has 3 heterocycles. The summed E-state index contributed by atoms with van der Waals surface area (Å²) in [5.74, 6) is 2.30. The fraction of sp³-hybridized carbons (Fsp3) is 0.571. The Morgan fingerprint density at radius 3 is 3.10 bits per heavy atom. The first-order valence-corrected chi connectivity index (χ1v) is 9.15. The van der Waals surface area contributed by atoms with E-state index in [0.717, 1.165) is 42.1 Å². The molecule has 0 bridgehead atoms. The van der Waals surface area contributed by atoms with Crippen LogP contribution >= 0.6 is 23.1 Å². The molecule has 2 aliphatic rings. The molecule has 0 aliphatic carbocycles. The summed E-state index contributed by atoms with van der Waals surface area (Å²) in [6, 6.07) is 1.76. The Hall–Kier alpha value is -1.21. The molecule has 1 aromatic rings. The number of hydrogen-bond donors (Lipinski definition) is 2. The quantitative estimate of drug-likeness (QED) is 0.378. The molecule has 0 saturated carbocycles. The lowest BCUT2D eigenvalue weighted by Crippen LogP contribution is -2.50. The number of thiophene rings is 1. The van der Waals surface area contributed by atoms with Crippen LogP contribution in [0, 0.1) is 0 Å². The molecule has 3 N–H and O–H groups in total. The molecule has 2 aliphatic heterocycles. The van der Waals surface area contributed by atoms with Gasteiger partial charge in [0.1, 0.15) is 0 Å². The number of aryl methyl sites for hydroxylation is 1. The van der Waals surface area contributed by atoms with Crippen molar-refractivity contribution in [2.24, 2.45) is 10.9 Å². The Balaban J connectivity index is 1.84. The van der Waals surface area contributed by atoms with E-state index in [9.17, 15) is 4.79 Å². The summed E-state index contributed by atoms with van der Waals surface area (Å²) < 4.78 is 0. The molecule has 1 unspecified atom stereocenters. The maximum Gasteiger partial charge on any atom is 0.264 e. The van der Waals surface area contributed by atoms with Crippen molar-refractivity contribution in [3.05, 3.63) is 21.4 Å². The van der Waals surface area contributed by atoms with E-state index in [2.05, 4.69) is 5.16 Å². The third-order valence-corrected chi connectivity index (χ3v) is 6.29. The molecule has 0 aromatic carbocycles. The molecule has 5 nitrogen and oxygen atoms in total. The largest absolute Gasteiger partial charge is 0.409 e. The number of nitrogens with two attached hydrogens (primary N) is 1. The summed E-state index contributed by atoms with van der Waals surface area (Å²) in [7, 11) is 0. The summed E-state index contributed by atoms with van der Waals surface area (Å²) in [4.78, 5) is 16.7. The minimum atomic E-state index is -0.273. The van der Waals surface area contributed by atoms with E-state index in [-0.39, 0.29) is 17.8 Å². The zero-order valence-corrected chi connectivity index (χ0v) is 13.4. The summed E-state index contributed by atoms with van der Waals surface area (Å²) in [6.07, 6.45) is 3.80. The number of rotatable bonds is 2. The molecule has 21 heavy (non-hydrogen) atoms. The average Bonchev–Trinajstić information content (AvgIpc) is 2.97. The van der Waals surface area contributed by atoms with Gasteiger partial charge in [-0.15, -0.1) is 11.3 Å². The number of fused-ring (bicyclic) bond motifs is 1. The normalized spacial score (nSPS) is 23.0. The molecular formula is C14H19N3O2S2.